The van der Waals surface area contributed by atoms with Crippen molar-refractivity contribution in [3.05, 3.63) is 54.0 Å². The first-order chi connectivity index (χ1) is 13.0. The highest BCUT2D eigenvalue weighted by Gasteiger charge is 2.24. The molecule has 0 saturated heterocycles. The van der Waals surface area contributed by atoms with Gasteiger partial charge in [-0.15, -0.1) is 0 Å². The first-order valence-corrected chi connectivity index (χ1v) is 10.1. The lowest BCUT2D eigenvalue weighted by molar-refractivity contribution is -0.130. The van der Waals surface area contributed by atoms with Gasteiger partial charge >= 0.3 is 5.97 Å². The third-order valence-corrected chi connectivity index (χ3v) is 4.95. The molecule has 0 unspecified atom stereocenters. The van der Waals surface area contributed by atoms with Gasteiger partial charge in [0.05, 0.1) is 23.3 Å². The second-order valence-corrected chi connectivity index (χ2v) is 8.99. The summed E-state index contributed by atoms with van der Waals surface area (Å²) in [7, 11) is -3.86. The number of benzene rings is 1. The number of amides is 1. The van der Waals surface area contributed by atoms with E-state index < -0.39 is 33.5 Å². The van der Waals surface area contributed by atoms with E-state index in [0.29, 0.717) is 5.76 Å². The molecule has 28 heavy (non-hydrogen) atoms. The highest BCUT2D eigenvalue weighted by Crippen LogP contribution is 2.14. The van der Waals surface area contributed by atoms with E-state index in [2.05, 4.69) is 10.0 Å². The molecule has 1 heterocycles. The molecule has 152 valence electrons. The Morgan fingerprint density at radius 3 is 2.50 bits per heavy atom. The van der Waals surface area contributed by atoms with E-state index in [-0.39, 0.29) is 17.0 Å². The Hall–Kier alpha value is -2.65. The van der Waals surface area contributed by atoms with Gasteiger partial charge in [-0.3, -0.25) is 4.79 Å². The summed E-state index contributed by atoms with van der Waals surface area (Å²) in [6.07, 6.45) is 0.418. The quantitative estimate of drug-likeness (QED) is 0.679. The number of ether oxygens (including phenoxy) is 1. The molecular weight excluding hydrogens is 384 g/mol. The maximum Gasteiger partial charge on any atom is 0.338 e. The Kier molecular flexibility index (Phi) is 6.63. The van der Waals surface area contributed by atoms with Gasteiger partial charge in [0.1, 0.15) is 5.76 Å². The summed E-state index contributed by atoms with van der Waals surface area (Å²) in [5.41, 5.74) is -0.443. The molecule has 0 saturated carbocycles. The fourth-order valence-electron chi connectivity index (χ4n) is 2.21. The number of hydrogen-bond acceptors (Lipinski definition) is 6. The van der Waals surface area contributed by atoms with Crippen LogP contribution < -0.4 is 10.0 Å². The minimum atomic E-state index is -3.86. The van der Waals surface area contributed by atoms with Crippen LogP contribution in [0.4, 0.5) is 0 Å². The van der Waals surface area contributed by atoms with Crippen molar-refractivity contribution in [2.45, 2.75) is 50.8 Å². The highest BCUT2D eigenvalue weighted by molar-refractivity contribution is 7.89. The third kappa shape index (κ3) is 6.21. The van der Waals surface area contributed by atoms with Crippen molar-refractivity contribution in [1.82, 2.24) is 10.0 Å². The number of carbonyl (C=O) groups excluding carboxylic acids is 2. The van der Waals surface area contributed by atoms with Crippen LogP contribution in [0.15, 0.2) is 52.0 Å². The van der Waals surface area contributed by atoms with E-state index in [4.69, 9.17) is 9.15 Å². The Morgan fingerprint density at radius 1 is 1.18 bits per heavy atom. The number of nitrogens with one attached hydrogen (secondary N) is 2. The molecule has 0 fully saturated rings. The first-order valence-electron chi connectivity index (χ1n) is 8.63. The predicted octanol–water partition coefficient (Wildman–Crippen LogP) is 2.22. The van der Waals surface area contributed by atoms with E-state index in [0.717, 1.165) is 0 Å². The van der Waals surface area contributed by atoms with Crippen molar-refractivity contribution < 1.29 is 27.2 Å². The lowest BCUT2D eigenvalue weighted by atomic mass is 10.1. The molecule has 0 aliphatic rings. The van der Waals surface area contributed by atoms with Gasteiger partial charge in [0.15, 0.2) is 6.10 Å². The zero-order valence-electron chi connectivity index (χ0n) is 16.2. The van der Waals surface area contributed by atoms with Crippen molar-refractivity contribution in [3.8, 4) is 0 Å². The van der Waals surface area contributed by atoms with Crippen molar-refractivity contribution in [2.75, 3.05) is 0 Å². The van der Waals surface area contributed by atoms with Crippen LogP contribution in [0, 0.1) is 0 Å². The van der Waals surface area contributed by atoms with Crippen molar-refractivity contribution in [3.63, 3.8) is 0 Å². The second kappa shape index (κ2) is 8.57. The summed E-state index contributed by atoms with van der Waals surface area (Å²) in [4.78, 5) is 24.3. The minimum Gasteiger partial charge on any atom is -0.468 e. The highest BCUT2D eigenvalue weighted by atomic mass is 32.2. The van der Waals surface area contributed by atoms with Crippen molar-refractivity contribution in [1.29, 1.82) is 0 Å². The molecule has 2 N–H and O–H groups in total. The molecular formula is C19H24N2O6S. The maximum absolute atomic E-state index is 12.4. The normalized spacial score (nSPS) is 13.0. The molecule has 1 aromatic heterocycles. The zero-order chi connectivity index (χ0) is 20.9. The van der Waals surface area contributed by atoms with Gasteiger partial charge in [0.2, 0.25) is 10.0 Å². The van der Waals surface area contributed by atoms with Gasteiger partial charge in [0, 0.05) is 5.54 Å². The largest absolute Gasteiger partial charge is 0.468 e. The average molecular weight is 408 g/mol. The number of hydrogen-bond donors (Lipinski definition) is 2. The van der Waals surface area contributed by atoms with Gasteiger partial charge in [-0.05, 0) is 58.0 Å². The van der Waals surface area contributed by atoms with Crippen molar-refractivity contribution >= 4 is 21.9 Å². The number of esters is 1. The molecule has 9 heteroatoms. The van der Waals surface area contributed by atoms with Crippen LogP contribution in [0.3, 0.4) is 0 Å². The molecule has 1 atom stereocenters. The van der Waals surface area contributed by atoms with E-state index in [1.165, 1.54) is 37.5 Å². The van der Waals surface area contributed by atoms with E-state index in [1.807, 2.05) is 20.8 Å². The van der Waals surface area contributed by atoms with E-state index in [1.54, 1.807) is 12.1 Å². The average Bonchev–Trinajstić information content (AvgIpc) is 3.12. The number of carbonyl (C=O) groups is 2. The lowest BCUT2D eigenvalue weighted by Gasteiger charge is -2.23. The van der Waals surface area contributed by atoms with Crippen LogP contribution >= 0.6 is 0 Å². The topological polar surface area (TPSA) is 115 Å². The van der Waals surface area contributed by atoms with Crippen LogP contribution in [0.5, 0.6) is 0 Å². The number of sulfonamides is 1. The Morgan fingerprint density at radius 2 is 1.89 bits per heavy atom. The molecule has 0 aliphatic heterocycles. The van der Waals surface area contributed by atoms with Gasteiger partial charge in [-0.2, -0.15) is 0 Å². The molecule has 0 bridgehead atoms. The van der Waals surface area contributed by atoms with Gasteiger partial charge < -0.3 is 14.5 Å². The fraction of sp³-hybridized carbons (Fsp3) is 0.368. The SMILES string of the molecule is C[C@@H](OC(=O)c1cccc(S(=O)(=O)NCc2ccco2)c1)C(=O)NC(C)(C)C. The summed E-state index contributed by atoms with van der Waals surface area (Å²) >= 11 is 0. The maximum atomic E-state index is 12.4. The Labute approximate surface area is 164 Å². The van der Waals surface area contributed by atoms with E-state index in [9.17, 15) is 18.0 Å². The first kappa shape index (κ1) is 21.6. The second-order valence-electron chi connectivity index (χ2n) is 7.22. The Bertz CT molecular complexity index is 930. The van der Waals surface area contributed by atoms with Crippen LogP contribution in [0.1, 0.15) is 43.8 Å². The van der Waals surface area contributed by atoms with Gasteiger partial charge in [-0.1, -0.05) is 6.07 Å². The van der Waals surface area contributed by atoms with Gasteiger partial charge in [0.25, 0.3) is 5.91 Å². The van der Waals surface area contributed by atoms with Crippen LogP contribution in [0.25, 0.3) is 0 Å². The predicted molar refractivity (Wildman–Crippen MR) is 102 cm³/mol. The molecule has 2 aromatic rings. The molecule has 2 rings (SSSR count). The Balaban J connectivity index is 2.07. The van der Waals surface area contributed by atoms with Crippen LogP contribution in [-0.2, 0) is 26.1 Å². The summed E-state index contributed by atoms with van der Waals surface area (Å²) in [5.74, 6) is -0.776. The molecule has 0 spiro atoms. The number of rotatable bonds is 7. The fourth-order valence-corrected chi connectivity index (χ4v) is 3.24. The summed E-state index contributed by atoms with van der Waals surface area (Å²) < 4.78 is 37.5. The molecule has 1 aromatic carbocycles. The minimum absolute atomic E-state index is 0.0198. The molecule has 0 aliphatic carbocycles. The van der Waals surface area contributed by atoms with Gasteiger partial charge in [-0.25, -0.2) is 17.9 Å². The monoisotopic (exact) mass is 408 g/mol. The van der Waals surface area contributed by atoms with Crippen LogP contribution in [0.2, 0.25) is 0 Å². The molecule has 1 amide bonds. The summed E-state index contributed by atoms with van der Waals surface area (Å²) in [6.45, 7) is 6.86. The summed E-state index contributed by atoms with van der Waals surface area (Å²) in [6, 6.07) is 8.69. The standard InChI is InChI=1S/C19H24N2O6S/c1-13(17(22)21-19(2,3)4)27-18(23)14-7-5-9-16(11-14)28(24,25)20-12-15-8-6-10-26-15/h5-11,13,20H,12H2,1-4H3,(H,21,22)/t13-/m1/s1. The zero-order valence-corrected chi connectivity index (χ0v) is 17.0. The van der Waals surface area contributed by atoms with Crippen molar-refractivity contribution in [2.24, 2.45) is 0 Å². The molecule has 8 nitrogen and oxygen atoms in total. The summed E-state index contributed by atoms with van der Waals surface area (Å²) in [5, 5.41) is 2.71. The van der Waals surface area contributed by atoms with E-state index >= 15 is 0 Å². The third-order valence-electron chi connectivity index (χ3n) is 3.55. The smallest absolute Gasteiger partial charge is 0.338 e. The molecule has 0 radical (unpaired) electrons. The van der Waals surface area contributed by atoms with Crippen LogP contribution in [-0.4, -0.2) is 31.9 Å². The number of furan rings is 1. The lowest BCUT2D eigenvalue weighted by Crippen LogP contribution is -2.46.